The summed E-state index contributed by atoms with van der Waals surface area (Å²) in [4.78, 5) is 11.6. The summed E-state index contributed by atoms with van der Waals surface area (Å²) in [7, 11) is 0. The largest absolute Gasteiger partial charge is 0.459 e. The van der Waals surface area contributed by atoms with Gasteiger partial charge in [-0.15, -0.1) is 0 Å². The summed E-state index contributed by atoms with van der Waals surface area (Å²) in [6.45, 7) is 5.73. The maximum atomic E-state index is 11.6. The van der Waals surface area contributed by atoms with E-state index in [1.54, 1.807) is 18.2 Å². The molecule has 0 saturated carbocycles. The molecule has 1 unspecified atom stereocenters. The van der Waals surface area contributed by atoms with E-state index >= 15 is 0 Å². The van der Waals surface area contributed by atoms with Crippen LogP contribution in [-0.4, -0.2) is 12.1 Å². The number of hydrogen-bond donors (Lipinski definition) is 1. The van der Waals surface area contributed by atoms with Crippen molar-refractivity contribution in [3.8, 4) is 0 Å². The Hall–Kier alpha value is -1.51. The van der Waals surface area contributed by atoms with Crippen LogP contribution in [0.25, 0.3) is 0 Å². The van der Waals surface area contributed by atoms with Gasteiger partial charge in [-0.05, 0) is 44.0 Å². The molecule has 0 aliphatic carbocycles. The van der Waals surface area contributed by atoms with E-state index in [1.807, 2.05) is 20.8 Å². The third-order valence-electron chi connectivity index (χ3n) is 2.39. The van der Waals surface area contributed by atoms with Crippen LogP contribution in [0.2, 0.25) is 0 Å². The van der Waals surface area contributed by atoms with Crippen molar-refractivity contribution in [1.29, 1.82) is 0 Å². The van der Waals surface area contributed by atoms with Crippen LogP contribution >= 0.6 is 0 Å². The summed E-state index contributed by atoms with van der Waals surface area (Å²) in [6.07, 6.45) is 0.773. The van der Waals surface area contributed by atoms with Gasteiger partial charge in [-0.3, -0.25) is 0 Å². The molecule has 82 valence electrons. The molecular weight excluding hydrogens is 190 g/mol. The van der Waals surface area contributed by atoms with Crippen LogP contribution in [0, 0.1) is 6.92 Å². The van der Waals surface area contributed by atoms with Gasteiger partial charge in [0.25, 0.3) is 0 Å². The normalized spacial score (nSPS) is 12.2. The van der Waals surface area contributed by atoms with E-state index in [0.717, 1.165) is 12.0 Å². The van der Waals surface area contributed by atoms with Gasteiger partial charge < -0.3 is 10.5 Å². The molecule has 0 fully saturated rings. The van der Waals surface area contributed by atoms with Gasteiger partial charge in [0.1, 0.15) is 0 Å². The molecular formula is C12H17NO2. The highest BCUT2D eigenvalue weighted by molar-refractivity contribution is 5.90. The molecule has 0 heterocycles. The lowest BCUT2D eigenvalue weighted by Gasteiger charge is -2.11. The SMILES string of the molecule is CCC(C)OC(=O)c1ccc(N)c(C)c1. The summed E-state index contributed by atoms with van der Waals surface area (Å²) >= 11 is 0. The number of hydrogen-bond acceptors (Lipinski definition) is 3. The second kappa shape index (κ2) is 4.82. The fourth-order valence-electron chi connectivity index (χ4n) is 1.14. The quantitative estimate of drug-likeness (QED) is 0.612. The molecule has 0 aliphatic rings. The minimum atomic E-state index is -0.285. The number of nitrogen functional groups attached to an aromatic ring is 1. The number of esters is 1. The zero-order valence-corrected chi connectivity index (χ0v) is 9.41. The summed E-state index contributed by atoms with van der Waals surface area (Å²) < 4.78 is 5.20. The van der Waals surface area contributed by atoms with E-state index in [0.29, 0.717) is 11.3 Å². The van der Waals surface area contributed by atoms with Crippen molar-refractivity contribution in [2.24, 2.45) is 0 Å². The smallest absolute Gasteiger partial charge is 0.338 e. The molecule has 15 heavy (non-hydrogen) atoms. The third kappa shape index (κ3) is 2.98. The third-order valence-corrected chi connectivity index (χ3v) is 2.39. The first-order chi connectivity index (χ1) is 7.04. The molecule has 1 aromatic carbocycles. The number of aryl methyl sites for hydroxylation is 1. The van der Waals surface area contributed by atoms with Crippen LogP contribution in [0.4, 0.5) is 5.69 Å². The molecule has 3 nitrogen and oxygen atoms in total. The molecule has 1 aromatic rings. The predicted octanol–water partition coefficient (Wildman–Crippen LogP) is 2.53. The zero-order chi connectivity index (χ0) is 11.4. The molecule has 0 bridgehead atoms. The van der Waals surface area contributed by atoms with Gasteiger partial charge >= 0.3 is 5.97 Å². The number of ether oxygens (including phenoxy) is 1. The van der Waals surface area contributed by atoms with Crippen molar-refractivity contribution < 1.29 is 9.53 Å². The first-order valence-electron chi connectivity index (χ1n) is 5.11. The molecule has 0 saturated heterocycles. The number of carbonyl (C=O) groups is 1. The van der Waals surface area contributed by atoms with Crippen molar-refractivity contribution >= 4 is 11.7 Å². The molecule has 0 aromatic heterocycles. The highest BCUT2D eigenvalue weighted by atomic mass is 16.5. The van der Waals surface area contributed by atoms with E-state index in [9.17, 15) is 4.79 Å². The molecule has 0 spiro atoms. The van der Waals surface area contributed by atoms with E-state index in [2.05, 4.69) is 0 Å². The minimum absolute atomic E-state index is 0.0460. The van der Waals surface area contributed by atoms with Crippen LogP contribution in [0.1, 0.15) is 36.2 Å². The van der Waals surface area contributed by atoms with E-state index in [1.165, 1.54) is 0 Å². The Morgan fingerprint density at radius 2 is 2.20 bits per heavy atom. The fourth-order valence-corrected chi connectivity index (χ4v) is 1.14. The van der Waals surface area contributed by atoms with E-state index in [-0.39, 0.29) is 12.1 Å². The Labute approximate surface area is 90.2 Å². The Bertz CT molecular complexity index is 361. The van der Waals surface area contributed by atoms with E-state index < -0.39 is 0 Å². The topological polar surface area (TPSA) is 52.3 Å². The maximum absolute atomic E-state index is 11.6. The van der Waals surface area contributed by atoms with Crippen molar-refractivity contribution in [3.63, 3.8) is 0 Å². The van der Waals surface area contributed by atoms with E-state index in [4.69, 9.17) is 10.5 Å². The monoisotopic (exact) mass is 207 g/mol. The Balaban J connectivity index is 2.78. The first-order valence-corrected chi connectivity index (χ1v) is 5.11. The fraction of sp³-hybridized carbons (Fsp3) is 0.417. The van der Waals surface area contributed by atoms with Crippen molar-refractivity contribution in [2.75, 3.05) is 5.73 Å². The highest BCUT2D eigenvalue weighted by Gasteiger charge is 2.11. The average molecular weight is 207 g/mol. The number of carbonyl (C=O) groups excluding carboxylic acids is 1. The van der Waals surface area contributed by atoms with Gasteiger partial charge in [-0.25, -0.2) is 4.79 Å². The van der Waals surface area contributed by atoms with Gasteiger partial charge in [0.05, 0.1) is 11.7 Å². The summed E-state index contributed by atoms with van der Waals surface area (Å²) in [5.74, 6) is -0.285. The summed E-state index contributed by atoms with van der Waals surface area (Å²) in [5, 5.41) is 0. The van der Waals surface area contributed by atoms with Gasteiger partial charge in [0.2, 0.25) is 0 Å². The number of anilines is 1. The lowest BCUT2D eigenvalue weighted by molar-refractivity contribution is 0.0334. The van der Waals surface area contributed by atoms with Crippen molar-refractivity contribution in [3.05, 3.63) is 29.3 Å². The molecule has 0 aliphatic heterocycles. The lowest BCUT2D eigenvalue weighted by atomic mass is 10.1. The molecule has 3 heteroatoms. The standard InChI is InChI=1S/C12H17NO2/c1-4-9(3)15-12(14)10-5-6-11(13)8(2)7-10/h5-7,9H,4,13H2,1-3H3. The van der Waals surface area contributed by atoms with Gasteiger partial charge in [0.15, 0.2) is 0 Å². The molecule has 0 radical (unpaired) electrons. The second-order valence-electron chi connectivity index (χ2n) is 3.70. The Morgan fingerprint density at radius 3 is 2.73 bits per heavy atom. The average Bonchev–Trinajstić information content (AvgIpc) is 2.21. The minimum Gasteiger partial charge on any atom is -0.459 e. The number of nitrogens with two attached hydrogens (primary N) is 1. The number of benzene rings is 1. The highest BCUT2D eigenvalue weighted by Crippen LogP contribution is 2.14. The second-order valence-corrected chi connectivity index (χ2v) is 3.70. The molecule has 1 atom stereocenters. The van der Waals surface area contributed by atoms with Gasteiger partial charge in [0, 0.05) is 5.69 Å². The van der Waals surface area contributed by atoms with Crippen LogP contribution in [0.15, 0.2) is 18.2 Å². The predicted molar refractivity (Wildman–Crippen MR) is 60.8 cm³/mol. The Morgan fingerprint density at radius 1 is 1.53 bits per heavy atom. The molecule has 0 amide bonds. The van der Waals surface area contributed by atoms with Crippen LogP contribution in [-0.2, 0) is 4.74 Å². The van der Waals surface area contributed by atoms with Gasteiger partial charge in [-0.2, -0.15) is 0 Å². The van der Waals surface area contributed by atoms with Crippen molar-refractivity contribution in [2.45, 2.75) is 33.3 Å². The molecule has 2 N–H and O–H groups in total. The van der Waals surface area contributed by atoms with Crippen molar-refractivity contribution in [1.82, 2.24) is 0 Å². The van der Waals surface area contributed by atoms with Crippen LogP contribution in [0.3, 0.4) is 0 Å². The Kier molecular flexibility index (Phi) is 3.72. The first kappa shape index (κ1) is 11.6. The summed E-state index contributed by atoms with van der Waals surface area (Å²) in [5.41, 5.74) is 7.81. The number of rotatable bonds is 3. The van der Waals surface area contributed by atoms with Gasteiger partial charge in [-0.1, -0.05) is 6.92 Å². The maximum Gasteiger partial charge on any atom is 0.338 e. The molecule has 1 rings (SSSR count). The zero-order valence-electron chi connectivity index (χ0n) is 9.41. The van der Waals surface area contributed by atoms with Crippen LogP contribution < -0.4 is 5.73 Å². The lowest BCUT2D eigenvalue weighted by Crippen LogP contribution is -2.14. The summed E-state index contributed by atoms with van der Waals surface area (Å²) in [6, 6.07) is 5.16. The van der Waals surface area contributed by atoms with Crippen LogP contribution in [0.5, 0.6) is 0 Å².